The fraction of sp³-hybridized carbons (Fsp3) is 0.350. The van der Waals surface area contributed by atoms with Crippen molar-refractivity contribution in [2.45, 2.75) is 38.4 Å². The van der Waals surface area contributed by atoms with E-state index in [-0.39, 0.29) is 24.0 Å². The first kappa shape index (κ1) is 24.6. The van der Waals surface area contributed by atoms with Crippen LogP contribution in [0.3, 0.4) is 0 Å². The second-order valence-corrected chi connectivity index (χ2v) is 8.19. The monoisotopic (exact) mass is 512 g/mol. The van der Waals surface area contributed by atoms with Crippen LogP contribution in [0.4, 0.5) is 13.2 Å². The van der Waals surface area contributed by atoms with Gasteiger partial charge in [0.1, 0.15) is 12.6 Å². The zero-order chi connectivity index (χ0) is 25.5. The first-order valence-electron chi connectivity index (χ1n) is 10.3. The summed E-state index contributed by atoms with van der Waals surface area (Å²) in [6.45, 7) is 0.103. The third-order valence-electron chi connectivity index (χ3n) is 5.08. The number of imidazole rings is 1. The van der Waals surface area contributed by atoms with Crippen LogP contribution >= 0.6 is 11.6 Å². The van der Waals surface area contributed by atoms with E-state index in [4.69, 9.17) is 11.6 Å². The molecule has 0 saturated heterocycles. The Balaban J connectivity index is 1.77. The molecule has 11 nitrogen and oxygen atoms in total. The molecule has 3 aromatic heterocycles. The van der Waals surface area contributed by atoms with Crippen LogP contribution in [0.5, 0.6) is 0 Å². The number of aliphatic hydroxyl groups is 2. The molecule has 3 heterocycles. The molecule has 0 aliphatic carbocycles. The maximum atomic E-state index is 13.0. The Hall–Kier alpha value is -3.49. The number of aromatic nitrogens is 8. The summed E-state index contributed by atoms with van der Waals surface area (Å²) in [5.74, 6) is 0.462. The summed E-state index contributed by atoms with van der Waals surface area (Å²) in [6.07, 6.45) is -5.56. The van der Waals surface area contributed by atoms with Crippen molar-refractivity contribution >= 4 is 11.6 Å². The van der Waals surface area contributed by atoms with Crippen molar-refractivity contribution < 1.29 is 23.4 Å². The van der Waals surface area contributed by atoms with E-state index in [1.165, 1.54) is 42.1 Å². The van der Waals surface area contributed by atoms with E-state index in [1.807, 2.05) is 0 Å². The van der Waals surface area contributed by atoms with Crippen molar-refractivity contribution in [3.05, 3.63) is 63.8 Å². The molecule has 2 N–H and O–H groups in total. The minimum atomic E-state index is -4.94. The van der Waals surface area contributed by atoms with Gasteiger partial charge in [0, 0.05) is 30.0 Å². The average molecular weight is 513 g/mol. The van der Waals surface area contributed by atoms with Crippen LogP contribution in [0, 0.1) is 0 Å². The number of rotatable bonds is 7. The van der Waals surface area contributed by atoms with Crippen molar-refractivity contribution in [2.75, 3.05) is 0 Å². The minimum Gasteiger partial charge on any atom is -0.385 e. The third-order valence-corrected chi connectivity index (χ3v) is 5.34. The predicted molar refractivity (Wildman–Crippen MR) is 117 cm³/mol. The van der Waals surface area contributed by atoms with Crippen LogP contribution in [0.2, 0.25) is 5.02 Å². The Morgan fingerprint density at radius 2 is 1.83 bits per heavy atom. The summed E-state index contributed by atoms with van der Waals surface area (Å²) in [5, 5.41) is 28.6. The van der Waals surface area contributed by atoms with Crippen LogP contribution in [-0.2, 0) is 20.1 Å². The fourth-order valence-electron chi connectivity index (χ4n) is 3.35. The molecular formula is C20H20ClF3N8O3. The summed E-state index contributed by atoms with van der Waals surface area (Å²) in [6, 6.07) is 5.97. The van der Waals surface area contributed by atoms with Gasteiger partial charge < -0.3 is 14.8 Å². The van der Waals surface area contributed by atoms with Gasteiger partial charge in [0.2, 0.25) is 5.95 Å². The Morgan fingerprint density at radius 1 is 1.14 bits per heavy atom. The fourth-order valence-corrected chi connectivity index (χ4v) is 3.47. The molecule has 1 aromatic carbocycles. The van der Waals surface area contributed by atoms with Gasteiger partial charge in [-0.3, -0.25) is 4.57 Å². The molecule has 186 valence electrons. The van der Waals surface area contributed by atoms with E-state index in [1.54, 1.807) is 17.8 Å². The van der Waals surface area contributed by atoms with Gasteiger partial charge in [-0.05, 0) is 31.2 Å². The van der Waals surface area contributed by atoms with Gasteiger partial charge in [0.25, 0.3) is 0 Å². The van der Waals surface area contributed by atoms with E-state index in [0.29, 0.717) is 16.5 Å². The average Bonchev–Trinajstić information content (AvgIpc) is 3.47. The number of aryl methyl sites for hydroxylation is 1. The third kappa shape index (κ3) is 4.99. The summed E-state index contributed by atoms with van der Waals surface area (Å²) >= 11 is 5.89. The smallest absolute Gasteiger partial charge is 0.385 e. The lowest BCUT2D eigenvalue weighted by atomic mass is 10.2. The maximum Gasteiger partial charge on any atom is 0.416 e. The Labute approximate surface area is 200 Å². The highest BCUT2D eigenvalue weighted by molar-refractivity contribution is 6.30. The molecular weight excluding hydrogens is 493 g/mol. The second-order valence-electron chi connectivity index (χ2n) is 7.75. The number of halogens is 4. The standard InChI is InChI=1S/C20H20ClF3N8O3/c1-11(33)16-26-15(27-32(16)18-25-7-8-29(18)2)10-31-19(35)30(9-14(34)20(22,23)24)17(28-31)12-3-5-13(21)6-4-12/h3-8,11,14,33-34H,9-10H2,1-2H3/t11-,14-/m0/s1. The van der Waals surface area contributed by atoms with E-state index >= 15 is 0 Å². The lowest BCUT2D eigenvalue weighted by molar-refractivity contribution is -0.207. The number of benzene rings is 1. The molecule has 0 saturated carbocycles. The highest BCUT2D eigenvalue weighted by atomic mass is 35.5. The summed E-state index contributed by atoms with van der Waals surface area (Å²) in [7, 11) is 1.71. The summed E-state index contributed by atoms with van der Waals surface area (Å²) in [5.41, 5.74) is -0.596. The van der Waals surface area contributed by atoms with Gasteiger partial charge in [0.15, 0.2) is 23.6 Å². The molecule has 2 atom stereocenters. The van der Waals surface area contributed by atoms with Crippen molar-refractivity contribution in [3.63, 3.8) is 0 Å². The minimum absolute atomic E-state index is 0.0645. The van der Waals surface area contributed by atoms with Gasteiger partial charge in [-0.2, -0.15) is 17.9 Å². The molecule has 0 fully saturated rings. The van der Waals surface area contributed by atoms with Crippen molar-refractivity contribution in [3.8, 4) is 17.3 Å². The predicted octanol–water partition coefficient (Wildman–Crippen LogP) is 1.70. The molecule has 0 amide bonds. The van der Waals surface area contributed by atoms with Gasteiger partial charge in [0.05, 0.1) is 6.54 Å². The van der Waals surface area contributed by atoms with Crippen LogP contribution in [0.25, 0.3) is 17.3 Å². The number of aliphatic hydroxyl groups excluding tert-OH is 2. The van der Waals surface area contributed by atoms with Crippen molar-refractivity contribution in [2.24, 2.45) is 7.05 Å². The molecule has 0 unspecified atom stereocenters. The molecule has 4 rings (SSSR count). The van der Waals surface area contributed by atoms with Crippen LogP contribution < -0.4 is 5.69 Å². The van der Waals surface area contributed by atoms with Crippen LogP contribution in [0.15, 0.2) is 41.5 Å². The van der Waals surface area contributed by atoms with Gasteiger partial charge >= 0.3 is 11.9 Å². The van der Waals surface area contributed by atoms with Gasteiger partial charge in [-0.15, -0.1) is 10.2 Å². The number of hydrogen-bond donors (Lipinski definition) is 2. The van der Waals surface area contributed by atoms with E-state index in [0.717, 1.165) is 9.25 Å². The molecule has 0 radical (unpaired) electrons. The summed E-state index contributed by atoms with van der Waals surface area (Å²) < 4.78 is 43.7. The molecule has 0 aliphatic heterocycles. The number of nitrogens with zero attached hydrogens (tertiary/aromatic N) is 8. The quantitative estimate of drug-likeness (QED) is 0.385. The van der Waals surface area contributed by atoms with Gasteiger partial charge in [-0.1, -0.05) is 11.6 Å². The Bertz CT molecular complexity index is 1390. The van der Waals surface area contributed by atoms with Gasteiger partial charge in [-0.25, -0.2) is 19.4 Å². The lowest BCUT2D eigenvalue weighted by Gasteiger charge is -2.15. The molecule has 35 heavy (non-hydrogen) atoms. The maximum absolute atomic E-state index is 13.0. The van der Waals surface area contributed by atoms with Crippen LogP contribution in [0.1, 0.15) is 24.7 Å². The molecule has 0 bridgehead atoms. The Morgan fingerprint density at radius 3 is 2.40 bits per heavy atom. The van der Waals surface area contributed by atoms with E-state index < -0.39 is 30.6 Å². The first-order valence-corrected chi connectivity index (χ1v) is 10.6. The lowest BCUT2D eigenvalue weighted by Crippen LogP contribution is -2.37. The zero-order valence-electron chi connectivity index (χ0n) is 18.4. The zero-order valence-corrected chi connectivity index (χ0v) is 19.2. The first-order chi connectivity index (χ1) is 16.5. The van der Waals surface area contributed by atoms with Crippen molar-refractivity contribution in [1.82, 2.24) is 38.7 Å². The molecule has 15 heteroatoms. The topological polar surface area (TPSA) is 129 Å². The summed E-state index contributed by atoms with van der Waals surface area (Å²) in [4.78, 5) is 21.5. The highest BCUT2D eigenvalue weighted by Gasteiger charge is 2.39. The van der Waals surface area contributed by atoms with E-state index in [2.05, 4.69) is 20.2 Å². The molecule has 0 spiro atoms. The Kier molecular flexibility index (Phi) is 6.53. The largest absolute Gasteiger partial charge is 0.416 e. The van der Waals surface area contributed by atoms with Crippen molar-refractivity contribution in [1.29, 1.82) is 0 Å². The SMILES string of the molecule is C[C@H](O)c1nc(Cn2nc(-c3ccc(Cl)cc3)n(C[C@H](O)C(F)(F)F)c2=O)nn1-c1nccn1C. The van der Waals surface area contributed by atoms with E-state index in [9.17, 15) is 28.2 Å². The molecule has 4 aromatic rings. The highest BCUT2D eigenvalue weighted by Crippen LogP contribution is 2.24. The number of hydrogen-bond acceptors (Lipinski definition) is 7. The second kappa shape index (κ2) is 9.28. The molecule has 0 aliphatic rings. The normalized spacial score (nSPS) is 13.8. The number of alkyl halides is 3. The van der Waals surface area contributed by atoms with Crippen LogP contribution in [-0.4, -0.2) is 61.2 Å².